The number of anilines is 2. The van der Waals surface area contributed by atoms with E-state index in [0.717, 1.165) is 16.0 Å². The molecule has 0 radical (unpaired) electrons. The number of nitrogens with two attached hydrogens (primary N) is 1. The lowest BCUT2D eigenvalue weighted by atomic mass is 10.1. The summed E-state index contributed by atoms with van der Waals surface area (Å²) in [7, 11) is 1.89. The molecule has 7 heteroatoms. The van der Waals surface area contributed by atoms with Crippen LogP contribution in [0.1, 0.15) is 13.8 Å². The first-order chi connectivity index (χ1) is 8.40. The summed E-state index contributed by atoms with van der Waals surface area (Å²) in [5.74, 6) is 6.51. The SMILES string of the molecule is CN(CC(C)(C)O)c1nc(NN)nc2sccc12. The van der Waals surface area contributed by atoms with Crippen molar-refractivity contribution in [3.63, 3.8) is 0 Å². The third-order valence-corrected chi connectivity index (χ3v) is 3.23. The number of fused-ring (bicyclic) bond motifs is 1. The van der Waals surface area contributed by atoms with Gasteiger partial charge >= 0.3 is 0 Å². The Hall–Kier alpha value is -1.44. The van der Waals surface area contributed by atoms with Gasteiger partial charge in [-0.2, -0.15) is 4.98 Å². The number of nitrogens with zero attached hydrogens (tertiary/aromatic N) is 3. The van der Waals surface area contributed by atoms with E-state index >= 15 is 0 Å². The Morgan fingerprint density at radius 2 is 2.22 bits per heavy atom. The first-order valence-corrected chi connectivity index (χ1v) is 6.44. The summed E-state index contributed by atoms with van der Waals surface area (Å²) in [6.07, 6.45) is 0. The van der Waals surface area contributed by atoms with Crippen LogP contribution in [0.2, 0.25) is 0 Å². The van der Waals surface area contributed by atoms with Crippen LogP contribution in [-0.2, 0) is 0 Å². The van der Waals surface area contributed by atoms with Crippen LogP contribution in [0.3, 0.4) is 0 Å². The summed E-state index contributed by atoms with van der Waals surface area (Å²) < 4.78 is 0. The number of aromatic nitrogens is 2. The first kappa shape index (κ1) is 13.0. The highest BCUT2D eigenvalue weighted by molar-refractivity contribution is 7.16. The second-order valence-corrected chi connectivity index (χ2v) is 5.72. The Morgan fingerprint density at radius 1 is 1.50 bits per heavy atom. The fourth-order valence-corrected chi connectivity index (χ4v) is 2.61. The monoisotopic (exact) mass is 267 g/mol. The molecule has 2 aromatic heterocycles. The topological polar surface area (TPSA) is 87.3 Å². The molecular weight excluding hydrogens is 250 g/mol. The summed E-state index contributed by atoms with van der Waals surface area (Å²) in [6, 6.07) is 1.97. The highest BCUT2D eigenvalue weighted by Gasteiger charge is 2.19. The molecule has 2 heterocycles. The molecule has 4 N–H and O–H groups in total. The Balaban J connectivity index is 2.45. The number of hydrogen-bond acceptors (Lipinski definition) is 7. The Morgan fingerprint density at radius 3 is 2.83 bits per heavy atom. The summed E-state index contributed by atoms with van der Waals surface area (Å²) in [5, 5.41) is 12.8. The number of thiophene rings is 1. The zero-order valence-corrected chi connectivity index (χ0v) is 11.5. The predicted octanol–water partition coefficient (Wildman–Crippen LogP) is 1.18. The van der Waals surface area contributed by atoms with E-state index in [9.17, 15) is 5.11 Å². The maximum Gasteiger partial charge on any atom is 0.240 e. The lowest BCUT2D eigenvalue weighted by molar-refractivity contribution is 0.0885. The molecular formula is C11H17N5OS. The number of nitrogens with one attached hydrogen (secondary N) is 1. The Bertz CT molecular complexity index is 548. The molecule has 2 rings (SSSR count). The van der Waals surface area contributed by atoms with Crippen molar-refractivity contribution in [2.45, 2.75) is 19.4 Å². The molecule has 0 saturated carbocycles. The van der Waals surface area contributed by atoms with E-state index in [-0.39, 0.29) is 0 Å². The van der Waals surface area contributed by atoms with Crippen LogP contribution in [-0.4, -0.2) is 34.3 Å². The van der Waals surface area contributed by atoms with Gasteiger partial charge in [0.1, 0.15) is 10.6 Å². The van der Waals surface area contributed by atoms with Gasteiger partial charge in [0.2, 0.25) is 5.95 Å². The van der Waals surface area contributed by atoms with E-state index in [2.05, 4.69) is 15.4 Å². The highest BCUT2D eigenvalue weighted by Crippen LogP contribution is 2.28. The van der Waals surface area contributed by atoms with Gasteiger partial charge in [-0.3, -0.25) is 5.43 Å². The van der Waals surface area contributed by atoms with Gasteiger partial charge < -0.3 is 10.0 Å². The molecule has 0 unspecified atom stereocenters. The molecule has 0 saturated heterocycles. The standard InChI is InChI=1S/C11H17N5OS/c1-11(2,17)6-16(3)8-7-4-5-18-9(7)14-10(13-8)15-12/h4-5,17H,6,12H2,1-3H3,(H,13,14,15). The minimum atomic E-state index is -0.793. The van der Waals surface area contributed by atoms with Gasteiger partial charge in [-0.05, 0) is 25.3 Å². The zero-order valence-electron chi connectivity index (χ0n) is 10.6. The van der Waals surface area contributed by atoms with Crippen molar-refractivity contribution in [1.82, 2.24) is 9.97 Å². The fourth-order valence-electron chi connectivity index (χ4n) is 1.85. The van der Waals surface area contributed by atoms with E-state index in [1.165, 1.54) is 11.3 Å². The van der Waals surface area contributed by atoms with Crippen molar-refractivity contribution in [3.8, 4) is 0 Å². The minimum Gasteiger partial charge on any atom is -0.389 e. The molecule has 0 atom stereocenters. The van der Waals surface area contributed by atoms with Crippen LogP contribution in [0.5, 0.6) is 0 Å². The van der Waals surface area contributed by atoms with E-state index in [1.807, 2.05) is 23.4 Å². The van der Waals surface area contributed by atoms with Crippen LogP contribution in [0.15, 0.2) is 11.4 Å². The molecule has 0 aliphatic carbocycles. The summed E-state index contributed by atoms with van der Waals surface area (Å²) in [4.78, 5) is 11.4. The predicted molar refractivity (Wildman–Crippen MR) is 74.8 cm³/mol. The van der Waals surface area contributed by atoms with Crippen LogP contribution in [0.4, 0.5) is 11.8 Å². The smallest absolute Gasteiger partial charge is 0.240 e. The minimum absolute atomic E-state index is 0.377. The number of likely N-dealkylation sites (N-methyl/N-ethyl adjacent to an activating group) is 1. The van der Waals surface area contributed by atoms with Gasteiger partial charge in [0.15, 0.2) is 0 Å². The van der Waals surface area contributed by atoms with Gasteiger partial charge in [-0.25, -0.2) is 10.8 Å². The van der Waals surface area contributed by atoms with E-state index in [1.54, 1.807) is 13.8 Å². The number of nitrogen functional groups attached to an aromatic ring is 1. The summed E-state index contributed by atoms with van der Waals surface area (Å²) in [5.41, 5.74) is 1.67. The number of rotatable bonds is 4. The molecule has 0 aliphatic rings. The van der Waals surface area contributed by atoms with E-state index in [4.69, 9.17) is 5.84 Å². The highest BCUT2D eigenvalue weighted by atomic mass is 32.1. The second kappa shape index (κ2) is 4.68. The number of aliphatic hydroxyl groups is 1. The third kappa shape index (κ3) is 2.69. The average Bonchev–Trinajstić information content (AvgIpc) is 2.72. The van der Waals surface area contributed by atoms with Crippen molar-refractivity contribution in [1.29, 1.82) is 0 Å². The molecule has 0 aromatic carbocycles. The number of hydrogen-bond donors (Lipinski definition) is 3. The van der Waals surface area contributed by atoms with Crippen molar-refractivity contribution < 1.29 is 5.11 Å². The lowest BCUT2D eigenvalue weighted by Gasteiger charge is -2.26. The molecule has 0 aliphatic heterocycles. The summed E-state index contributed by atoms with van der Waals surface area (Å²) >= 11 is 1.53. The van der Waals surface area contributed by atoms with Gasteiger partial charge in [-0.1, -0.05) is 0 Å². The first-order valence-electron chi connectivity index (χ1n) is 5.56. The van der Waals surface area contributed by atoms with Crippen molar-refractivity contribution in [2.24, 2.45) is 5.84 Å². The van der Waals surface area contributed by atoms with Gasteiger partial charge in [0.05, 0.1) is 11.0 Å². The molecule has 18 heavy (non-hydrogen) atoms. The van der Waals surface area contributed by atoms with E-state index < -0.39 is 5.60 Å². The van der Waals surface area contributed by atoms with Crippen molar-refractivity contribution in [3.05, 3.63) is 11.4 Å². The van der Waals surface area contributed by atoms with Crippen LogP contribution >= 0.6 is 11.3 Å². The van der Waals surface area contributed by atoms with Crippen LogP contribution in [0, 0.1) is 0 Å². The molecule has 0 amide bonds. The van der Waals surface area contributed by atoms with Gasteiger partial charge in [0, 0.05) is 13.6 Å². The molecule has 2 aromatic rings. The Kier molecular flexibility index (Phi) is 3.38. The molecule has 98 valence electrons. The zero-order chi connectivity index (χ0) is 13.3. The van der Waals surface area contributed by atoms with Crippen LogP contribution in [0.25, 0.3) is 10.2 Å². The van der Waals surface area contributed by atoms with Crippen LogP contribution < -0.4 is 16.2 Å². The lowest BCUT2D eigenvalue weighted by Crippen LogP contribution is -2.36. The van der Waals surface area contributed by atoms with Gasteiger partial charge in [-0.15, -0.1) is 11.3 Å². The maximum absolute atomic E-state index is 9.88. The summed E-state index contributed by atoms with van der Waals surface area (Å²) in [6.45, 7) is 3.99. The molecule has 0 fully saturated rings. The molecule has 0 spiro atoms. The maximum atomic E-state index is 9.88. The Labute approximate surface area is 109 Å². The average molecular weight is 267 g/mol. The molecule has 6 nitrogen and oxygen atoms in total. The largest absolute Gasteiger partial charge is 0.389 e. The fraction of sp³-hybridized carbons (Fsp3) is 0.455. The normalized spacial score (nSPS) is 11.8. The van der Waals surface area contributed by atoms with Gasteiger partial charge in [0.25, 0.3) is 0 Å². The van der Waals surface area contributed by atoms with E-state index in [0.29, 0.717) is 12.5 Å². The quantitative estimate of drug-likeness (QED) is 0.569. The number of hydrazine groups is 1. The third-order valence-electron chi connectivity index (χ3n) is 2.42. The second-order valence-electron chi connectivity index (χ2n) is 4.82. The van der Waals surface area contributed by atoms with Crippen molar-refractivity contribution in [2.75, 3.05) is 23.9 Å². The van der Waals surface area contributed by atoms with Crippen molar-refractivity contribution >= 4 is 33.3 Å². The molecule has 0 bridgehead atoms.